The molecular formula is C35H40F3N3O6. The quantitative estimate of drug-likeness (QED) is 0.435. The zero-order chi connectivity index (χ0) is 34.2. The maximum atomic E-state index is 15.1. The van der Waals surface area contributed by atoms with Gasteiger partial charge in [-0.3, -0.25) is 29.0 Å². The van der Waals surface area contributed by atoms with Crippen molar-refractivity contribution >= 4 is 23.3 Å². The number of nitrogens with two attached hydrogens (primary N) is 1. The van der Waals surface area contributed by atoms with Gasteiger partial charge >= 0.3 is 6.18 Å². The van der Waals surface area contributed by atoms with Gasteiger partial charge in [-0.1, -0.05) is 31.2 Å². The maximum Gasteiger partial charge on any atom is 0.417 e. The van der Waals surface area contributed by atoms with Crippen molar-refractivity contribution in [2.45, 2.75) is 69.4 Å². The largest absolute Gasteiger partial charge is 0.507 e. The van der Waals surface area contributed by atoms with E-state index in [1.165, 1.54) is 7.11 Å². The number of phenols is 1. The van der Waals surface area contributed by atoms with Gasteiger partial charge in [0.25, 0.3) is 0 Å². The highest BCUT2D eigenvalue weighted by Gasteiger charge is 2.66. The summed E-state index contributed by atoms with van der Waals surface area (Å²) in [6, 6.07) is 7.94. The number of benzene rings is 2. The van der Waals surface area contributed by atoms with Crippen LogP contribution >= 0.6 is 0 Å². The van der Waals surface area contributed by atoms with Crippen LogP contribution in [0.25, 0.3) is 0 Å². The summed E-state index contributed by atoms with van der Waals surface area (Å²) in [6.45, 7) is 2.26. The molecule has 9 nitrogen and oxygen atoms in total. The average Bonchev–Trinajstić information content (AvgIpc) is 3.42. The summed E-state index contributed by atoms with van der Waals surface area (Å²) in [5.41, 5.74) is 4.24. The van der Waals surface area contributed by atoms with E-state index < -0.39 is 81.6 Å². The monoisotopic (exact) mass is 655 g/mol. The number of fused-ring (bicyclic) bond motifs is 4. The van der Waals surface area contributed by atoms with Crippen molar-refractivity contribution in [3.63, 3.8) is 0 Å². The third-order valence-electron chi connectivity index (χ3n) is 11.2. The Bertz CT molecular complexity index is 1630. The number of hydrogen-bond acceptors (Lipinski definition) is 8. The van der Waals surface area contributed by atoms with E-state index in [-0.39, 0.29) is 43.0 Å². The summed E-state index contributed by atoms with van der Waals surface area (Å²) in [7, 11) is 4.48. The molecule has 4 aliphatic carbocycles. The Morgan fingerprint density at radius 1 is 1.11 bits per heavy atom. The summed E-state index contributed by atoms with van der Waals surface area (Å²) >= 11 is 0. The Labute approximate surface area is 271 Å². The molecule has 2 aromatic rings. The molecule has 0 aromatic heterocycles. The molecular weight excluding hydrogens is 615 g/mol. The van der Waals surface area contributed by atoms with E-state index in [2.05, 4.69) is 0 Å². The molecule has 0 aliphatic heterocycles. The Hall–Kier alpha value is -3.61. The topological polar surface area (TPSA) is 130 Å². The van der Waals surface area contributed by atoms with Gasteiger partial charge in [0.15, 0.2) is 17.3 Å². The Kier molecular flexibility index (Phi) is 8.37. The lowest BCUT2D eigenvalue weighted by Crippen LogP contribution is -2.70. The number of aromatic hydroxyl groups is 1. The molecule has 3 N–H and O–H groups in total. The highest BCUT2D eigenvalue weighted by atomic mass is 19.4. The number of ether oxygens (including phenoxy) is 1. The number of phenolic OH excluding ortho intramolecular Hbond substituents is 1. The van der Waals surface area contributed by atoms with Crippen LogP contribution < -0.4 is 5.73 Å². The number of alkyl halides is 3. The van der Waals surface area contributed by atoms with Crippen molar-refractivity contribution in [1.29, 1.82) is 0 Å². The van der Waals surface area contributed by atoms with Gasteiger partial charge in [-0.05, 0) is 80.6 Å². The van der Waals surface area contributed by atoms with Gasteiger partial charge in [-0.15, -0.1) is 0 Å². The summed E-state index contributed by atoms with van der Waals surface area (Å²) in [5, 5.41) is 11.2. The van der Waals surface area contributed by atoms with Gasteiger partial charge in [-0.2, -0.15) is 13.2 Å². The molecule has 6 atom stereocenters. The van der Waals surface area contributed by atoms with Crippen LogP contribution in [0.15, 0.2) is 30.3 Å². The standard InChI is InChI=1S/C35H40F3N3O6/c1-5-41(21-10-17-8-6-7-9-18(17)11-21)16-20-14-25(42)27-22(28(20)35(36,37)38)12-19-13-24-29(40(2)3)30(43)23(33(39)46)15-34(24,47-4)32(45)26(19)31(27)44/h6-9,14,19,21,23-24,26,29,42H,5,10-13,15-16H2,1-4H3,(H2,39,46). The Morgan fingerprint density at radius 2 is 1.74 bits per heavy atom. The molecule has 4 aliphatic rings. The number of carbonyl (C=O) groups is 4. The summed E-state index contributed by atoms with van der Waals surface area (Å²) < 4.78 is 51.0. The normalized spacial score (nSPS) is 29.1. The Morgan fingerprint density at radius 3 is 2.28 bits per heavy atom. The summed E-state index contributed by atoms with van der Waals surface area (Å²) in [5.74, 6) is -8.07. The van der Waals surface area contributed by atoms with E-state index in [0.29, 0.717) is 19.4 Å². The average molecular weight is 656 g/mol. The second-order valence-electron chi connectivity index (χ2n) is 13.8. The van der Waals surface area contributed by atoms with Gasteiger partial charge < -0.3 is 15.6 Å². The van der Waals surface area contributed by atoms with Crippen molar-refractivity contribution in [2.75, 3.05) is 27.7 Å². The van der Waals surface area contributed by atoms with Crippen LogP contribution in [-0.4, -0.2) is 83.6 Å². The number of primary amides is 1. The molecule has 47 heavy (non-hydrogen) atoms. The molecule has 12 heteroatoms. The number of carbonyl (C=O) groups excluding carboxylic acids is 4. The molecule has 0 heterocycles. The molecule has 6 rings (SSSR count). The lowest BCUT2D eigenvalue weighted by Gasteiger charge is -2.55. The minimum atomic E-state index is -4.85. The lowest BCUT2D eigenvalue weighted by molar-refractivity contribution is -0.182. The van der Waals surface area contributed by atoms with Crippen molar-refractivity contribution in [1.82, 2.24) is 9.80 Å². The summed E-state index contributed by atoms with van der Waals surface area (Å²) in [6.07, 6.45) is -4.09. The van der Waals surface area contributed by atoms with Crippen LogP contribution in [-0.2, 0) is 51.1 Å². The highest BCUT2D eigenvalue weighted by molar-refractivity contribution is 6.17. The fraction of sp³-hybridized carbons (Fsp3) is 0.543. The zero-order valence-electron chi connectivity index (χ0n) is 26.9. The van der Waals surface area contributed by atoms with E-state index in [1.54, 1.807) is 19.0 Å². The number of likely N-dealkylation sites (N-methyl/N-ethyl adjacent to an activating group) is 2. The van der Waals surface area contributed by atoms with E-state index in [0.717, 1.165) is 17.2 Å². The fourth-order valence-electron chi connectivity index (χ4n) is 9.15. The number of ketones is 3. The van der Waals surface area contributed by atoms with Crippen LogP contribution in [0.4, 0.5) is 13.2 Å². The number of hydrogen-bond donors (Lipinski definition) is 2. The maximum absolute atomic E-state index is 15.1. The number of nitrogens with zero attached hydrogens (tertiary/aromatic N) is 2. The van der Waals surface area contributed by atoms with Crippen LogP contribution in [0, 0.1) is 23.7 Å². The molecule has 0 bridgehead atoms. The van der Waals surface area contributed by atoms with E-state index in [9.17, 15) is 24.3 Å². The van der Waals surface area contributed by atoms with Crippen molar-refractivity contribution in [3.8, 4) is 5.75 Å². The van der Waals surface area contributed by atoms with Crippen LogP contribution in [0.2, 0.25) is 0 Å². The highest BCUT2D eigenvalue weighted by Crippen LogP contribution is 2.54. The third kappa shape index (κ3) is 5.19. The van der Waals surface area contributed by atoms with Gasteiger partial charge in [0, 0.05) is 32.0 Å². The van der Waals surface area contributed by atoms with Crippen molar-refractivity contribution in [2.24, 2.45) is 29.4 Å². The molecule has 0 spiro atoms. The predicted octanol–water partition coefficient (Wildman–Crippen LogP) is 3.35. The summed E-state index contributed by atoms with van der Waals surface area (Å²) in [4.78, 5) is 57.8. The van der Waals surface area contributed by atoms with Crippen molar-refractivity contribution < 1.29 is 42.2 Å². The number of methoxy groups -OCH3 is 1. The van der Waals surface area contributed by atoms with Gasteiger partial charge in [0.2, 0.25) is 5.91 Å². The lowest BCUT2D eigenvalue weighted by atomic mass is 9.52. The first-order valence-corrected chi connectivity index (χ1v) is 16.0. The molecule has 2 aromatic carbocycles. The second kappa shape index (κ2) is 11.8. The van der Waals surface area contributed by atoms with Crippen LogP contribution in [0.1, 0.15) is 57.9 Å². The second-order valence-corrected chi connectivity index (χ2v) is 13.8. The fourth-order valence-corrected chi connectivity index (χ4v) is 9.15. The number of amides is 1. The van der Waals surface area contributed by atoms with E-state index >= 15 is 13.2 Å². The molecule has 2 saturated carbocycles. The Balaban J connectivity index is 1.42. The van der Waals surface area contributed by atoms with E-state index in [4.69, 9.17) is 10.5 Å². The smallest absolute Gasteiger partial charge is 0.417 e. The molecule has 2 fully saturated rings. The molecule has 252 valence electrons. The van der Waals surface area contributed by atoms with E-state index in [1.807, 2.05) is 36.1 Å². The number of halogens is 3. The minimum Gasteiger partial charge on any atom is -0.507 e. The SMILES string of the molecule is CCN(Cc1cc(O)c2c(c1C(F)(F)F)CC1CC3C(N(C)C)C(=O)C(C(N)=O)CC3(OC)C(=O)C1C2=O)C1Cc2ccccc2C1. The molecule has 0 saturated heterocycles. The molecule has 6 unspecified atom stereocenters. The number of Topliss-reactive ketones (excluding diaryl/α,β-unsaturated/α-hetero) is 3. The zero-order valence-corrected chi connectivity index (χ0v) is 26.9. The first-order valence-electron chi connectivity index (χ1n) is 16.0. The van der Waals surface area contributed by atoms with Gasteiger partial charge in [-0.25, -0.2) is 0 Å². The third-order valence-corrected chi connectivity index (χ3v) is 11.2. The van der Waals surface area contributed by atoms with Crippen LogP contribution in [0.5, 0.6) is 5.75 Å². The van der Waals surface area contributed by atoms with Crippen LogP contribution in [0.3, 0.4) is 0 Å². The van der Waals surface area contributed by atoms with Gasteiger partial charge in [0.05, 0.1) is 23.1 Å². The predicted molar refractivity (Wildman–Crippen MR) is 164 cm³/mol. The molecule has 0 radical (unpaired) electrons. The van der Waals surface area contributed by atoms with Gasteiger partial charge in [0.1, 0.15) is 17.3 Å². The van der Waals surface area contributed by atoms with Crippen molar-refractivity contribution in [3.05, 3.63) is 63.7 Å². The first kappa shape index (κ1) is 33.3. The molecule has 1 amide bonds. The first-order chi connectivity index (χ1) is 22.1. The number of rotatable bonds is 7. The minimum absolute atomic E-state index is 0.0270.